The lowest BCUT2D eigenvalue weighted by molar-refractivity contribution is -0.253. The molecule has 1 aliphatic rings. The van der Waals surface area contributed by atoms with Crippen molar-refractivity contribution in [3.05, 3.63) is 40.2 Å². The van der Waals surface area contributed by atoms with E-state index in [1.165, 1.54) is 32.9 Å². The van der Waals surface area contributed by atoms with Crippen molar-refractivity contribution in [1.82, 2.24) is 0 Å². The van der Waals surface area contributed by atoms with Crippen molar-refractivity contribution in [2.75, 3.05) is 6.61 Å². The van der Waals surface area contributed by atoms with Crippen LogP contribution in [-0.4, -0.2) is 55.2 Å². The number of nitrogens with two attached hydrogens (primary N) is 1. The molecule has 0 amide bonds. The van der Waals surface area contributed by atoms with Crippen LogP contribution in [0, 0.1) is 6.92 Å². The lowest BCUT2D eigenvalue weighted by atomic mass is 9.97. The molecule has 0 saturated carbocycles. The van der Waals surface area contributed by atoms with Crippen LogP contribution in [0.5, 0.6) is 5.75 Å². The summed E-state index contributed by atoms with van der Waals surface area (Å²) in [7, 11) is 0. The van der Waals surface area contributed by atoms with Gasteiger partial charge in [0.25, 0.3) is 0 Å². The number of hydrogen-bond acceptors (Lipinski definition) is 11. The third-order valence-electron chi connectivity index (χ3n) is 4.92. The Bertz CT molecular complexity index is 1110. The van der Waals surface area contributed by atoms with Gasteiger partial charge < -0.3 is 33.8 Å². The summed E-state index contributed by atoms with van der Waals surface area (Å²) in [5, 5.41) is 0.719. The number of ether oxygens (including phenoxy) is 5. The zero-order chi connectivity index (χ0) is 24.3. The zero-order valence-electron chi connectivity index (χ0n) is 18.6. The maximum atomic E-state index is 11.7. The van der Waals surface area contributed by atoms with Gasteiger partial charge in [0.1, 0.15) is 30.1 Å². The molecule has 0 aliphatic carbocycles. The fourth-order valence-corrected chi connectivity index (χ4v) is 3.55. The van der Waals surface area contributed by atoms with Gasteiger partial charge in [-0.15, -0.1) is 0 Å². The normalized spacial score (nSPS) is 24.7. The minimum absolute atomic E-state index is 0.260. The lowest BCUT2D eigenvalue weighted by Gasteiger charge is -2.43. The van der Waals surface area contributed by atoms with Crippen molar-refractivity contribution in [3.63, 3.8) is 0 Å². The Labute approximate surface area is 188 Å². The fourth-order valence-electron chi connectivity index (χ4n) is 3.55. The first-order valence-corrected chi connectivity index (χ1v) is 10.1. The molecule has 5 atom stereocenters. The molecule has 0 bridgehead atoms. The lowest BCUT2D eigenvalue weighted by Crippen LogP contribution is -2.65. The highest BCUT2D eigenvalue weighted by atomic mass is 16.7. The predicted molar refractivity (Wildman–Crippen MR) is 112 cm³/mol. The Kier molecular flexibility index (Phi) is 7.34. The molecule has 1 aromatic heterocycles. The van der Waals surface area contributed by atoms with Crippen LogP contribution in [0.25, 0.3) is 11.0 Å². The number of fused-ring (bicyclic) bond motifs is 1. The van der Waals surface area contributed by atoms with Crippen molar-refractivity contribution < 1.29 is 42.5 Å². The number of aryl methyl sites for hydroxylation is 1. The molecule has 1 fully saturated rings. The van der Waals surface area contributed by atoms with Crippen LogP contribution in [0.2, 0.25) is 0 Å². The van der Waals surface area contributed by atoms with Crippen LogP contribution in [-0.2, 0) is 33.3 Å². The van der Waals surface area contributed by atoms with E-state index in [2.05, 4.69) is 0 Å². The third kappa shape index (κ3) is 5.88. The van der Waals surface area contributed by atoms with Gasteiger partial charge >= 0.3 is 23.5 Å². The molecule has 2 heterocycles. The minimum atomic E-state index is -1.18. The Hall–Kier alpha value is -3.44. The third-order valence-corrected chi connectivity index (χ3v) is 4.92. The second-order valence-corrected chi connectivity index (χ2v) is 7.60. The summed E-state index contributed by atoms with van der Waals surface area (Å²) >= 11 is 0. The number of esters is 3. The largest absolute Gasteiger partial charge is 0.463 e. The van der Waals surface area contributed by atoms with Crippen LogP contribution >= 0.6 is 0 Å². The molecule has 33 heavy (non-hydrogen) atoms. The molecule has 1 saturated heterocycles. The first-order valence-electron chi connectivity index (χ1n) is 10.1. The van der Waals surface area contributed by atoms with Crippen LogP contribution in [0.15, 0.2) is 33.5 Å². The maximum Gasteiger partial charge on any atom is 0.336 e. The Balaban J connectivity index is 1.92. The summed E-state index contributed by atoms with van der Waals surface area (Å²) in [6, 6.07) is 5.14. The first-order chi connectivity index (χ1) is 15.5. The minimum Gasteiger partial charge on any atom is -0.463 e. The monoisotopic (exact) mass is 463 g/mol. The second-order valence-electron chi connectivity index (χ2n) is 7.60. The highest BCUT2D eigenvalue weighted by Gasteiger charge is 2.50. The second kappa shape index (κ2) is 10.0. The molecule has 0 unspecified atom stereocenters. The smallest absolute Gasteiger partial charge is 0.336 e. The van der Waals surface area contributed by atoms with E-state index in [9.17, 15) is 19.2 Å². The molecule has 0 spiro atoms. The Morgan fingerprint density at radius 2 is 1.67 bits per heavy atom. The highest BCUT2D eigenvalue weighted by Crippen LogP contribution is 2.29. The van der Waals surface area contributed by atoms with Gasteiger partial charge in [0, 0.05) is 38.3 Å². The molecule has 2 aromatic rings. The molecular weight excluding hydrogens is 438 g/mol. The van der Waals surface area contributed by atoms with Crippen molar-refractivity contribution >= 4 is 28.9 Å². The molecule has 3 rings (SSSR count). The Morgan fingerprint density at radius 1 is 1.00 bits per heavy atom. The Morgan fingerprint density at radius 3 is 2.30 bits per heavy atom. The fraction of sp³-hybridized carbons (Fsp3) is 0.455. The number of rotatable bonds is 6. The molecular formula is C22H25NO10. The van der Waals surface area contributed by atoms with Gasteiger partial charge in [-0.1, -0.05) is 0 Å². The van der Waals surface area contributed by atoms with Crippen LogP contribution in [0.1, 0.15) is 26.3 Å². The average molecular weight is 463 g/mol. The van der Waals surface area contributed by atoms with E-state index in [0.29, 0.717) is 5.58 Å². The summed E-state index contributed by atoms with van der Waals surface area (Å²) in [5.74, 6) is -1.66. The average Bonchev–Trinajstić information content (AvgIpc) is 2.70. The van der Waals surface area contributed by atoms with E-state index in [1.54, 1.807) is 19.1 Å². The molecule has 2 N–H and O–H groups in total. The van der Waals surface area contributed by atoms with E-state index in [4.69, 9.17) is 33.8 Å². The number of hydrogen-bond donors (Lipinski definition) is 1. The maximum absolute atomic E-state index is 11.7. The van der Waals surface area contributed by atoms with Crippen LogP contribution in [0.3, 0.4) is 0 Å². The summed E-state index contributed by atoms with van der Waals surface area (Å²) in [6.07, 6.45) is -4.51. The van der Waals surface area contributed by atoms with Crippen molar-refractivity contribution in [2.45, 2.75) is 58.3 Å². The SMILES string of the molecule is CC(=O)OC[C@H]1O[C@H](Oc2ccc3c(C)cc(=O)oc3c2)[C@H](N)[C@@H](OC(C)=O)[C@@H]1OC(C)=O. The molecule has 178 valence electrons. The summed E-state index contributed by atoms with van der Waals surface area (Å²) < 4.78 is 32.6. The van der Waals surface area contributed by atoms with E-state index < -0.39 is 54.2 Å². The summed E-state index contributed by atoms with van der Waals surface area (Å²) in [5.41, 5.74) is 6.79. The van der Waals surface area contributed by atoms with Crippen LogP contribution < -0.4 is 16.1 Å². The molecule has 1 aliphatic heterocycles. The predicted octanol–water partition coefficient (Wildman–Crippen LogP) is 0.959. The van der Waals surface area contributed by atoms with Gasteiger partial charge in [-0.25, -0.2) is 4.79 Å². The zero-order valence-corrected chi connectivity index (χ0v) is 18.6. The van der Waals surface area contributed by atoms with E-state index in [1.807, 2.05) is 0 Å². The van der Waals surface area contributed by atoms with Crippen molar-refractivity contribution in [1.29, 1.82) is 0 Å². The van der Waals surface area contributed by atoms with E-state index >= 15 is 0 Å². The van der Waals surface area contributed by atoms with Gasteiger partial charge in [-0.3, -0.25) is 14.4 Å². The van der Waals surface area contributed by atoms with E-state index in [0.717, 1.165) is 10.9 Å². The standard InChI is InChI=1S/C22H25NO10/c1-10-7-18(27)32-16-8-14(5-6-15(10)16)31-22-19(23)21(30-13(4)26)20(29-12(3)25)17(33-22)9-28-11(2)24/h5-8,17,19-22H,9,23H2,1-4H3/t17-,19-,20-,21-,22+/m1/s1. The summed E-state index contributed by atoms with van der Waals surface area (Å²) in [4.78, 5) is 46.4. The van der Waals surface area contributed by atoms with Crippen LogP contribution in [0.4, 0.5) is 0 Å². The molecule has 11 heteroatoms. The van der Waals surface area contributed by atoms with Gasteiger partial charge in [-0.2, -0.15) is 0 Å². The number of carbonyl (C=O) groups is 3. The van der Waals surface area contributed by atoms with E-state index in [-0.39, 0.29) is 12.4 Å². The quantitative estimate of drug-likeness (QED) is 0.370. The topological polar surface area (TPSA) is 154 Å². The van der Waals surface area contributed by atoms with Crippen molar-refractivity contribution in [2.24, 2.45) is 5.73 Å². The number of carbonyl (C=O) groups excluding carboxylic acids is 3. The number of benzene rings is 1. The summed E-state index contributed by atoms with van der Waals surface area (Å²) in [6.45, 7) is 5.03. The first kappa shape index (κ1) is 24.2. The van der Waals surface area contributed by atoms with Gasteiger partial charge in [-0.05, 0) is 24.6 Å². The van der Waals surface area contributed by atoms with Gasteiger partial charge in [0.05, 0.1) is 0 Å². The van der Waals surface area contributed by atoms with Gasteiger partial charge in [0.2, 0.25) is 6.29 Å². The highest BCUT2D eigenvalue weighted by molar-refractivity contribution is 5.81. The molecule has 11 nitrogen and oxygen atoms in total. The molecule has 0 radical (unpaired) electrons. The van der Waals surface area contributed by atoms with Crippen molar-refractivity contribution in [3.8, 4) is 5.75 Å². The molecule has 1 aromatic carbocycles. The van der Waals surface area contributed by atoms with Gasteiger partial charge in [0.15, 0.2) is 12.2 Å².